The summed E-state index contributed by atoms with van der Waals surface area (Å²) in [5.74, 6) is 0. The summed E-state index contributed by atoms with van der Waals surface area (Å²) in [6, 6.07) is 50.0. The minimum Gasteiger partial charge on any atom is -0.456 e. The van der Waals surface area contributed by atoms with Crippen LogP contribution < -0.4 is 4.90 Å². The summed E-state index contributed by atoms with van der Waals surface area (Å²) in [6.45, 7) is 4.67. The van der Waals surface area contributed by atoms with Gasteiger partial charge in [0, 0.05) is 50.1 Å². The molecule has 3 nitrogen and oxygen atoms in total. The molecule has 1 aliphatic rings. The number of para-hydroxylation sites is 2. The molecular weight excluding hydrogens is 562 g/mol. The third-order valence-corrected chi connectivity index (χ3v) is 10.0. The maximum absolute atomic E-state index is 6.38. The number of hydrogen-bond acceptors (Lipinski definition) is 3. The molecule has 0 aliphatic heterocycles. The molecule has 0 atom stereocenters. The first-order valence-electron chi connectivity index (χ1n) is 15.8. The van der Waals surface area contributed by atoms with Gasteiger partial charge in [-0.05, 0) is 93.7 Å². The highest BCUT2D eigenvalue weighted by molar-refractivity contribution is 6.11. The average molecular weight is 592 g/mol. The Balaban J connectivity index is 1.20. The Morgan fingerprint density at radius 2 is 1.00 bits per heavy atom. The molecule has 218 valence electrons. The number of rotatable bonds is 3. The van der Waals surface area contributed by atoms with Crippen molar-refractivity contribution in [1.29, 1.82) is 0 Å². The highest BCUT2D eigenvalue weighted by Crippen LogP contribution is 2.51. The van der Waals surface area contributed by atoms with Crippen molar-refractivity contribution in [2.45, 2.75) is 19.3 Å². The molecule has 7 aromatic carbocycles. The fraction of sp³-hybridized carbons (Fsp3) is 0.0698. The third kappa shape index (κ3) is 3.54. The van der Waals surface area contributed by atoms with Crippen molar-refractivity contribution in [3.8, 4) is 11.1 Å². The van der Waals surface area contributed by atoms with Crippen molar-refractivity contribution in [2.24, 2.45) is 0 Å². The maximum Gasteiger partial charge on any atom is 0.137 e. The molecule has 2 heterocycles. The largest absolute Gasteiger partial charge is 0.456 e. The van der Waals surface area contributed by atoms with Crippen molar-refractivity contribution >= 4 is 71.7 Å². The summed E-state index contributed by atoms with van der Waals surface area (Å²) < 4.78 is 12.6. The standard InChI is InChI=1S/C43H29NO2/c1-43(2)37-12-6-3-9-31(37)32-19-17-29(24-38(32)43)44(30-18-20-35-33-10-4-7-13-39(33)46-42(35)25-30)28-16-15-26-23-41-36(22-27(26)21-28)34-11-5-8-14-40(34)45-41/h3-25H,1-2H3. The first kappa shape index (κ1) is 25.5. The van der Waals surface area contributed by atoms with Crippen LogP contribution in [-0.4, -0.2) is 0 Å². The molecule has 0 spiro atoms. The average Bonchev–Trinajstić information content (AvgIpc) is 3.71. The number of anilines is 3. The van der Waals surface area contributed by atoms with E-state index in [1.54, 1.807) is 0 Å². The molecule has 0 saturated heterocycles. The van der Waals surface area contributed by atoms with Crippen LogP contribution in [0.25, 0.3) is 65.8 Å². The van der Waals surface area contributed by atoms with Crippen molar-refractivity contribution < 1.29 is 8.83 Å². The highest BCUT2D eigenvalue weighted by atomic mass is 16.3. The van der Waals surface area contributed by atoms with Crippen molar-refractivity contribution in [1.82, 2.24) is 0 Å². The Hall–Kier alpha value is -5.80. The quantitative estimate of drug-likeness (QED) is 0.205. The number of furan rings is 2. The lowest BCUT2D eigenvalue weighted by Crippen LogP contribution is -2.16. The van der Waals surface area contributed by atoms with E-state index in [-0.39, 0.29) is 5.41 Å². The Labute approximate surface area is 265 Å². The number of hydrogen-bond donors (Lipinski definition) is 0. The number of fused-ring (bicyclic) bond motifs is 10. The molecule has 1 aliphatic carbocycles. The normalized spacial score (nSPS) is 13.6. The van der Waals surface area contributed by atoms with E-state index in [1.807, 2.05) is 24.3 Å². The van der Waals surface area contributed by atoms with Gasteiger partial charge in [-0.25, -0.2) is 0 Å². The van der Waals surface area contributed by atoms with Gasteiger partial charge in [0.05, 0.1) is 0 Å². The second-order valence-corrected chi connectivity index (χ2v) is 13.0. The van der Waals surface area contributed by atoms with E-state index in [1.165, 1.54) is 27.6 Å². The van der Waals surface area contributed by atoms with Gasteiger partial charge in [-0.1, -0.05) is 86.6 Å². The first-order chi connectivity index (χ1) is 22.5. The molecule has 0 unspecified atom stereocenters. The van der Waals surface area contributed by atoms with E-state index in [2.05, 4.69) is 134 Å². The van der Waals surface area contributed by atoms with Crippen LogP contribution in [-0.2, 0) is 5.41 Å². The van der Waals surface area contributed by atoms with Gasteiger partial charge in [-0.15, -0.1) is 0 Å². The summed E-state index contributed by atoms with van der Waals surface area (Å²) in [5.41, 5.74) is 12.1. The molecule has 3 heteroatoms. The minimum atomic E-state index is -0.104. The van der Waals surface area contributed by atoms with Crippen LogP contribution in [0.4, 0.5) is 17.1 Å². The van der Waals surface area contributed by atoms with Gasteiger partial charge < -0.3 is 13.7 Å². The molecule has 2 aromatic heterocycles. The van der Waals surface area contributed by atoms with Crippen LogP contribution in [0.1, 0.15) is 25.0 Å². The molecule has 0 fully saturated rings. The smallest absolute Gasteiger partial charge is 0.137 e. The zero-order valence-corrected chi connectivity index (χ0v) is 25.5. The van der Waals surface area contributed by atoms with Crippen molar-refractivity contribution in [3.63, 3.8) is 0 Å². The predicted molar refractivity (Wildman–Crippen MR) is 191 cm³/mol. The first-order valence-corrected chi connectivity index (χ1v) is 15.8. The van der Waals surface area contributed by atoms with Crippen molar-refractivity contribution in [3.05, 3.63) is 151 Å². The van der Waals surface area contributed by atoms with E-state index in [0.29, 0.717) is 0 Å². The Kier molecular flexibility index (Phi) is 5.06. The lowest BCUT2D eigenvalue weighted by atomic mass is 9.82. The van der Waals surface area contributed by atoms with Gasteiger partial charge in [0.2, 0.25) is 0 Å². The molecule has 0 bridgehead atoms. The summed E-state index contributed by atoms with van der Waals surface area (Å²) in [4.78, 5) is 2.36. The second kappa shape index (κ2) is 9.12. The Morgan fingerprint density at radius 3 is 1.83 bits per heavy atom. The van der Waals surface area contributed by atoms with Crippen LogP contribution in [0.2, 0.25) is 0 Å². The van der Waals surface area contributed by atoms with Gasteiger partial charge in [-0.2, -0.15) is 0 Å². The molecule has 0 amide bonds. The monoisotopic (exact) mass is 591 g/mol. The lowest BCUT2D eigenvalue weighted by Gasteiger charge is -2.28. The highest BCUT2D eigenvalue weighted by Gasteiger charge is 2.35. The zero-order valence-electron chi connectivity index (χ0n) is 25.5. The summed E-state index contributed by atoms with van der Waals surface area (Å²) in [5, 5.41) is 6.84. The fourth-order valence-electron chi connectivity index (χ4n) is 7.73. The SMILES string of the molecule is CC1(C)c2ccccc2-c2ccc(N(c3ccc4cc5oc6ccccc6c5cc4c3)c3ccc4c(c3)oc3ccccc34)cc21. The van der Waals surface area contributed by atoms with Gasteiger partial charge in [0.15, 0.2) is 0 Å². The fourth-order valence-corrected chi connectivity index (χ4v) is 7.73. The number of benzene rings is 7. The topological polar surface area (TPSA) is 29.5 Å². The Bertz CT molecular complexity index is 2690. The van der Waals surface area contributed by atoms with Crippen molar-refractivity contribution in [2.75, 3.05) is 4.90 Å². The third-order valence-electron chi connectivity index (χ3n) is 10.0. The molecule has 46 heavy (non-hydrogen) atoms. The van der Waals surface area contributed by atoms with Crippen LogP contribution in [0.5, 0.6) is 0 Å². The lowest BCUT2D eigenvalue weighted by molar-refractivity contribution is 0.660. The van der Waals surface area contributed by atoms with E-state index < -0.39 is 0 Å². The zero-order chi connectivity index (χ0) is 30.6. The minimum absolute atomic E-state index is 0.104. The van der Waals surface area contributed by atoms with Gasteiger partial charge in [0.1, 0.15) is 22.3 Å². The number of nitrogens with zero attached hydrogens (tertiary/aromatic N) is 1. The van der Waals surface area contributed by atoms with Crippen LogP contribution in [0, 0.1) is 0 Å². The molecule has 0 radical (unpaired) electrons. The van der Waals surface area contributed by atoms with E-state index in [9.17, 15) is 0 Å². The van der Waals surface area contributed by atoms with Gasteiger partial charge in [-0.3, -0.25) is 0 Å². The summed E-state index contributed by atoms with van der Waals surface area (Å²) in [7, 11) is 0. The van der Waals surface area contributed by atoms with E-state index in [0.717, 1.165) is 66.3 Å². The summed E-state index contributed by atoms with van der Waals surface area (Å²) in [6.07, 6.45) is 0. The summed E-state index contributed by atoms with van der Waals surface area (Å²) >= 11 is 0. The van der Waals surface area contributed by atoms with Crippen LogP contribution in [0.3, 0.4) is 0 Å². The molecule has 0 N–H and O–H groups in total. The molecule has 10 rings (SSSR count). The van der Waals surface area contributed by atoms with Crippen LogP contribution >= 0.6 is 0 Å². The molecular formula is C43H29NO2. The van der Waals surface area contributed by atoms with E-state index >= 15 is 0 Å². The van der Waals surface area contributed by atoms with E-state index in [4.69, 9.17) is 8.83 Å². The van der Waals surface area contributed by atoms with Gasteiger partial charge in [0.25, 0.3) is 0 Å². The maximum atomic E-state index is 6.38. The molecule has 0 saturated carbocycles. The van der Waals surface area contributed by atoms with Gasteiger partial charge >= 0.3 is 0 Å². The molecule has 9 aromatic rings. The Morgan fingerprint density at radius 1 is 0.413 bits per heavy atom. The van der Waals surface area contributed by atoms with Crippen LogP contribution in [0.15, 0.2) is 148 Å². The predicted octanol–water partition coefficient (Wildman–Crippen LogP) is 12.4. The second-order valence-electron chi connectivity index (χ2n) is 13.0.